The second-order valence-corrected chi connectivity index (χ2v) is 8.50. The normalized spacial score (nSPS) is 21.9. The number of nitrogens with one attached hydrogen (secondary N) is 2. The largest absolute Gasteiger partial charge is 0.508 e. The quantitative estimate of drug-likeness (QED) is 0.433. The third-order valence-electron chi connectivity index (χ3n) is 5.76. The van der Waals surface area contributed by atoms with Crippen molar-refractivity contribution in [3.8, 4) is 5.75 Å². The summed E-state index contributed by atoms with van der Waals surface area (Å²) in [6.07, 6.45) is 6.15. The van der Waals surface area contributed by atoms with Gasteiger partial charge in [-0.3, -0.25) is 4.79 Å². The Balaban J connectivity index is 1.60. The molecule has 1 aliphatic heterocycles. The molecule has 1 amide bonds. The van der Waals surface area contributed by atoms with E-state index in [0.717, 1.165) is 34.1 Å². The minimum absolute atomic E-state index is 0.00807. The van der Waals surface area contributed by atoms with Gasteiger partial charge in [0.15, 0.2) is 0 Å². The Morgan fingerprint density at radius 2 is 2.14 bits per heavy atom. The number of hydrogen-bond donors (Lipinski definition) is 3. The molecular weight excluding hydrogens is 432 g/mol. The number of aromatic hydroxyl groups is 1. The van der Waals surface area contributed by atoms with Crippen LogP contribution in [-0.4, -0.2) is 31.3 Å². The molecule has 1 heterocycles. The molecule has 5 nitrogen and oxygen atoms in total. The molecule has 3 atom stereocenters. The third kappa shape index (κ3) is 4.05. The van der Waals surface area contributed by atoms with Crippen molar-refractivity contribution in [3.63, 3.8) is 0 Å². The maximum atomic E-state index is 12.5. The van der Waals surface area contributed by atoms with Gasteiger partial charge in [0.05, 0.1) is 6.04 Å². The van der Waals surface area contributed by atoms with Gasteiger partial charge in [0.1, 0.15) is 5.75 Å². The Labute approximate surface area is 179 Å². The van der Waals surface area contributed by atoms with Crippen LogP contribution in [0, 0.1) is 5.92 Å². The van der Waals surface area contributed by atoms with E-state index in [9.17, 15) is 9.90 Å². The molecule has 152 valence electrons. The van der Waals surface area contributed by atoms with Gasteiger partial charge in [0.2, 0.25) is 0 Å². The average molecular weight is 457 g/mol. The molecule has 4 rings (SSSR count). The molecule has 0 saturated heterocycles. The molecule has 2 aromatic carbocycles. The number of carbonyl (C=O) groups is 1. The average Bonchev–Trinajstić information content (AvgIpc) is 3.22. The van der Waals surface area contributed by atoms with Crippen LogP contribution in [-0.2, 0) is 4.74 Å². The lowest BCUT2D eigenvalue weighted by molar-refractivity contribution is 0.0948. The van der Waals surface area contributed by atoms with E-state index in [4.69, 9.17) is 4.74 Å². The van der Waals surface area contributed by atoms with Gasteiger partial charge in [-0.05, 0) is 60.7 Å². The zero-order chi connectivity index (χ0) is 20.4. The number of allylic oxidation sites excluding steroid dienone is 2. The summed E-state index contributed by atoms with van der Waals surface area (Å²) >= 11 is 3.52. The number of rotatable bonds is 6. The Morgan fingerprint density at radius 3 is 2.97 bits per heavy atom. The number of fused-ring (bicyclic) bond motifs is 3. The molecule has 2 aromatic rings. The first kappa shape index (κ1) is 20.0. The molecule has 3 N–H and O–H groups in total. The molecule has 0 aromatic heterocycles. The first-order valence-corrected chi connectivity index (χ1v) is 10.7. The SMILES string of the molecule is COCCCNC(=O)c1ccc2c(c1)C1C=CCC1C(c1cc(Br)ccc1O)N2. The first-order chi connectivity index (χ1) is 14.1. The summed E-state index contributed by atoms with van der Waals surface area (Å²) in [5.41, 5.74) is 3.71. The summed E-state index contributed by atoms with van der Waals surface area (Å²) in [7, 11) is 1.66. The Morgan fingerprint density at radius 1 is 1.28 bits per heavy atom. The Kier molecular flexibility index (Phi) is 5.92. The van der Waals surface area contributed by atoms with Crippen LogP contribution in [0.2, 0.25) is 0 Å². The van der Waals surface area contributed by atoms with Crippen LogP contribution >= 0.6 is 15.9 Å². The fraction of sp³-hybridized carbons (Fsp3) is 0.348. The summed E-state index contributed by atoms with van der Waals surface area (Å²) in [6, 6.07) is 11.4. The van der Waals surface area contributed by atoms with E-state index in [-0.39, 0.29) is 17.9 Å². The molecule has 0 radical (unpaired) electrons. The number of anilines is 1. The van der Waals surface area contributed by atoms with Crippen molar-refractivity contribution < 1.29 is 14.6 Å². The van der Waals surface area contributed by atoms with Crippen molar-refractivity contribution >= 4 is 27.5 Å². The zero-order valence-corrected chi connectivity index (χ0v) is 17.9. The van der Waals surface area contributed by atoms with Crippen LogP contribution in [0.5, 0.6) is 5.75 Å². The predicted molar refractivity (Wildman–Crippen MR) is 117 cm³/mol. The molecule has 1 aliphatic carbocycles. The molecule has 3 unspecified atom stereocenters. The van der Waals surface area contributed by atoms with E-state index in [0.29, 0.717) is 30.4 Å². The molecule has 2 aliphatic rings. The van der Waals surface area contributed by atoms with Crippen molar-refractivity contribution in [2.45, 2.75) is 24.8 Å². The summed E-state index contributed by atoms with van der Waals surface area (Å²) < 4.78 is 5.97. The van der Waals surface area contributed by atoms with Crippen molar-refractivity contribution in [3.05, 3.63) is 69.7 Å². The van der Waals surface area contributed by atoms with Gasteiger partial charge in [-0.1, -0.05) is 28.1 Å². The molecule has 0 saturated carbocycles. The lowest BCUT2D eigenvalue weighted by Gasteiger charge is -2.38. The van der Waals surface area contributed by atoms with Gasteiger partial charge in [0.25, 0.3) is 5.91 Å². The van der Waals surface area contributed by atoms with Crippen molar-refractivity contribution in [2.75, 3.05) is 25.6 Å². The van der Waals surface area contributed by atoms with Crippen LogP contribution in [0.1, 0.15) is 46.3 Å². The number of methoxy groups -OCH3 is 1. The lowest BCUT2D eigenvalue weighted by atomic mass is 9.76. The number of hydrogen-bond acceptors (Lipinski definition) is 4. The fourth-order valence-corrected chi connectivity index (χ4v) is 4.72. The van der Waals surface area contributed by atoms with Gasteiger partial charge in [-0.15, -0.1) is 0 Å². The van der Waals surface area contributed by atoms with Crippen LogP contribution in [0.3, 0.4) is 0 Å². The van der Waals surface area contributed by atoms with Gasteiger partial charge in [-0.25, -0.2) is 0 Å². The minimum atomic E-state index is -0.0609. The van der Waals surface area contributed by atoms with Crippen LogP contribution in [0.25, 0.3) is 0 Å². The van der Waals surface area contributed by atoms with E-state index >= 15 is 0 Å². The molecule has 6 heteroatoms. The van der Waals surface area contributed by atoms with Gasteiger partial charge in [0, 0.05) is 47.5 Å². The van der Waals surface area contributed by atoms with Gasteiger partial charge >= 0.3 is 0 Å². The van der Waals surface area contributed by atoms with Crippen LogP contribution in [0.15, 0.2) is 53.0 Å². The summed E-state index contributed by atoms with van der Waals surface area (Å²) in [4.78, 5) is 12.5. The highest BCUT2D eigenvalue weighted by Gasteiger charge is 2.39. The summed E-state index contributed by atoms with van der Waals surface area (Å²) in [5.74, 6) is 0.750. The predicted octanol–water partition coefficient (Wildman–Crippen LogP) is 4.75. The Hall–Kier alpha value is -2.31. The zero-order valence-electron chi connectivity index (χ0n) is 16.3. The Bertz CT molecular complexity index is 944. The topological polar surface area (TPSA) is 70.6 Å². The van der Waals surface area contributed by atoms with Gasteiger partial charge < -0.3 is 20.5 Å². The molecule has 29 heavy (non-hydrogen) atoms. The standard InChI is InChI=1S/C23H25BrN2O3/c1-29-11-3-10-25-23(28)14-6-8-20-18(12-14)16-4-2-5-17(16)22(26-20)19-13-15(24)7-9-21(19)27/h2,4,6-9,12-13,16-17,22,26-27H,3,5,10-11H2,1H3,(H,25,28). The maximum Gasteiger partial charge on any atom is 0.251 e. The highest BCUT2D eigenvalue weighted by molar-refractivity contribution is 9.10. The summed E-state index contributed by atoms with van der Waals surface area (Å²) in [5, 5.41) is 17.0. The molecule has 0 spiro atoms. The van der Waals surface area contributed by atoms with E-state index in [1.54, 1.807) is 13.2 Å². The number of carbonyl (C=O) groups excluding carboxylic acids is 1. The third-order valence-corrected chi connectivity index (χ3v) is 6.25. The van der Waals surface area contributed by atoms with Crippen LogP contribution in [0.4, 0.5) is 5.69 Å². The van der Waals surface area contributed by atoms with E-state index in [2.05, 4.69) is 38.7 Å². The monoisotopic (exact) mass is 456 g/mol. The molecular formula is C23H25BrN2O3. The number of benzene rings is 2. The number of halogens is 1. The number of phenols is 1. The van der Waals surface area contributed by atoms with Crippen molar-refractivity contribution in [1.82, 2.24) is 5.32 Å². The van der Waals surface area contributed by atoms with Crippen molar-refractivity contribution in [1.29, 1.82) is 0 Å². The first-order valence-electron chi connectivity index (χ1n) is 9.91. The smallest absolute Gasteiger partial charge is 0.251 e. The fourth-order valence-electron chi connectivity index (χ4n) is 4.34. The van der Waals surface area contributed by atoms with Gasteiger partial charge in [-0.2, -0.15) is 0 Å². The molecule has 0 bridgehead atoms. The second-order valence-electron chi connectivity index (χ2n) is 7.58. The minimum Gasteiger partial charge on any atom is -0.508 e. The number of ether oxygens (including phenoxy) is 1. The van der Waals surface area contributed by atoms with E-state index < -0.39 is 0 Å². The van der Waals surface area contributed by atoms with Crippen LogP contribution < -0.4 is 10.6 Å². The lowest BCUT2D eigenvalue weighted by Crippen LogP contribution is -2.30. The summed E-state index contributed by atoms with van der Waals surface area (Å²) in [6.45, 7) is 1.23. The molecule has 0 fully saturated rings. The highest BCUT2D eigenvalue weighted by atomic mass is 79.9. The maximum absolute atomic E-state index is 12.5. The van der Waals surface area contributed by atoms with E-state index in [1.807, 2.05) is 30.3 Å². The van der Waals surface area contributed by atoms with Crippen molar-refractivity contribution in [2.24, 2.45) is 5.92 Å². The second kappa shape index (κ2) is 8.59. The number of amides is 1. The van der Waals surface area contributed by atoms with E-state index in [1.165, 1.54) is 0 Å². The number of phenolic OH excluding ortho intramolecular Hbond substituents is 1. The highest BCUT2D eigenvalue weighted by Crippen LogP contribution is 2.51.